The number of nitrogens with one attached hydrogen (secondary N) is 1. The van der Waals surface area contributed by atoms with Gasteiger partial charge < -0.3 is 10.2 Å². The lowest BCUT2D eigenvalue weighted by molar-refractivity contribution is 0.221. The highest BCUT2D eigenvalue weighted by Gasteiger charge is 2.10. The molecule has 0 fully saturated rings. The number of hydrogen-bond donors (Lipinski definition) is 1. The molecule has 128 valence electrons. The van der Waals surface area contributed by atoms with Crippen LogP contribution in [0.5, 0.6) is 0 Å². The smallest absolute Gasteiger partial charge is 0.323 e. The molecule has 0 unspecified atom stereocenters. The number of amides is 2. The summed E-state index contributed by atoms with van der Waals surface area (Å²) in [6, 6.07) is 11.0. The van der Waals surface area contributed by atoms with Gasteiger partial charge >= 0.3 is 11.7 Å². The van der Waals surface area contributed by atoms with Crippen molar-refractivity contribution in [1.29, 1.82) is 0 Å². The van der Waals surface area contributed by atoms with Crippen molar-refractivity contribution in [1.82, 2.24) is 14.5 Å². The minimum absolute atomic E-state index is 0.179. The molecule has 0 aliphatic carbocycles. The molecule has 1 N–H and O–H groups in total. The molecule has 2 aromatic heterocycles. The quantitative estimate of drug-likeness (QED) is 0.766. The van der Waals surface area contributed by atoms with Crippen LogP contribution in [0.25, 0.3) is 0 Å². The minimum atomic E-state index is -0.299. The molecule has 0 saturated heterocycles. The van der Waals surface area contributed by atoms with Gasteiger partial charge in [0, 0.05) is 31.7 Å². The molecule has 3 rings (SSSR count). The van der Waals surface area contributed by atoms with Crippen LogP contribution in [0, 0.1) is 0 Å². The fourth-order valence-electron chi connectivity index (χ4n) is 2.40. The monoisotopic (exact) mass is 354 g/mol. The van der Waals surface area contributed by atoms with Crippen LogP contribution in [-0.4, -0.2) is 27.5 Å². The van der Waals surface area contributed by atoms with Crippen LogP contribution in [0.2, 0.25) is 0 Å². The molecule has 2 heterocycles. The number of benzene rings is 1. The number of urea groups is 1. The van der Waals surface area contributed by atoms with E-state index in [1.165, 1.54) is 10.8 Å². The SMILES string of the molecule is CN(Cc1ccsc1)C(=O)Nc1cccc(Cn2cccnc2=O)c1. The fraction of sp³-hybridized carbons (Fsp3) is 0.167. The zero-order valence-corrected chi connectivity index (χ0v) is 14.6. The van der Waals surface area contributed by atoms with Crippen molar-refractivity contribution in [3.05, 3.63) is 81.2 Å². The molecule has 6 nitrogen and oxygen atoms in total. The maximum atomic E-state index is 12.3. The maximum absolute atomic E-state index is 12.3. The first-order valence-corrected chi connectivity index (χ1v) is 8.70. The summed E-state index contributed by atoms with van der Waals surface area (Å²) in [5.41, 5.74) is 2.41. The Morgan fingerprint density at radius 3 is 2.92 bits per heavy atom. The van der Waals surface area contributed by atoms with E-state index in [0.29, 0.717) is 18.8 Å². The zero-order valence-electron chi connectivity index (χ0n) is 13.8. The molecule has 7 heteroatoms. The Labute approximate surface area is 149 Å². The predicted octanol–water partition coefficient (Wildman–Crippen LogP) is 3.02. The summed E-state index contributed by atoms with van der Waals surface area (Å²) in [5.74, 6) is 0. The van der Waals surface area contributed by atoms with Gasteiger partial charge in [0.05, 0.1) is 6.54 Å². The van der Waals surface area contributed by atoms with Crippen molar-refractivity contribution in [3.63, 3.8) is 0 Å². The van der Waals surface area contributed by atoms with E-state index in [9.17, 15) is 9.59 Å². The number of carbonyl (C=O) groups is 1. The normalized spacial score (nSPS) is 10.4. The molecule has 1 aromatic carbocycles. The minimum Gasteiger partial charge on any atom is -0.323 e. The van der Waals surface area contributed by atoms with Crippen LogP contribution in [0.15, 0.2) is 64.3 Å². The topological polar surface area (TPSA) is 67.2 Å². The summed E-state index contributed by atoms with van der Waals surface area (Å²) in [6.45, 7) is 0.960. The summed E-state index contributed by atoms with van der Waals surface area (Å²) >= 11 is 1.61. The second-order valence-corrected chi connectivity index (χ2v) is 6.43. The van der Waals surface area contributed by atoms with E-state index in [4.69, 9.17) is 0 Å². The van der Waals surface area contributed by atoms with Gasteiger partial charge in [0.2, 0.25) is 0 Å². The fourth-order valence-corrected chi connectivity index (χ4v) is 3.06. The molecule has 2 amide bonds. The average Bonchev–Trinajstić information content (AvgIpc) is 3.10. The van der Waals surface area contributed by atoms with E-state index in [0.717, 1.165) is 11.1 Å². The summed E-state index contributed by atoms with van der Waals surface area (Å²) in [6.07, 6.45) is 3.16. The van der Waals surface area contributed by atoms with Crippen LogP contribution in [0.1, 0.15) is 11.1 Å². The summed E-state index contributed by atoms with van der Waals surface area (Å²) < 4.78 is 1.52. The van der Waals surface area contributed by atoms with Gasteiger partial charge in [-0.1, -0.05) is 12.1 Å². The Morgan fingerprint density at radius 2 is 2.16 bits per heavy atom. The Kier molecular flexibility index (Phi) is 5.25. The third-order valence-corrected chi connectivity index (χ3v) is 4.39. The maximum Gasteiger partial charge on any atom is 0.347 e. The number of hydrogen-bond acceptors (Lipinski definition) is 4. The van der Waals surface area contributed by atoms with Gasteiger partial charge in [-0.25, -0.2) is 14.6 Å². The molecule has 0 aliphatic rings. The highest BCUT2D eigenvalue weighted by Crippen LogP contribution is 2.13. The molecular weight excluding hydrogens is 336 g/mol. The molecule has 25 heavy (non-hydrogen) atoms. The van der Waals surface area contributed by atoms with Gasteiger partial charge in [-0.15, -0.1) is 0 Å². The van der Waals surface area contributed by atoms with Gasteiger partial charge in [0.1, 0.15) is 0 Å². The van der Waals surface area contributed by atoms with E-state index in [2.05, 4.69) is 10.3 Å². The Morgan fingerprint density at radius 1 is 1.28 bits per heavy atom. The number of rotatable bonds is 5. The number of nitrogens with zero attached hydrogens (tertiary/aromatic N) is 3. The Balaban J connectivity index is 1.66. The van der Waals surface area contributed by atoms with Gasteiger partial charge in [0.15, 0.2) is 0 Å². The Hall–Kier alpha value is -2.93. The molecule has 0 saturated carbocycles. The van der Waals surface area contributed by atoms with Crippen LogP contribution in [0.3, 0.4) is 0 Å². The first-order chi connectivity index (χ1) is 12.1. The summed E-state index contributed by atoms with van der Waals surface area (Å²) in [4.78, 5) is 29.4. The van der Waals surface area contributed by atoms with Gasteiger partial charge in [-0.3, -0.25) is 4.57 Å². The van der Waals surface area contributed by atoms with E-state index < -0.39 is 0 Å². The molecular formula is C18H18N4O2S. The number of thiophene rings is 1. The zero-order chi connectivity index (χ0) is 17.6. The lowest BCUT2D eigenvalue weighted by atomic mass is 10.2. The molecule has 0 bridgehead atoms. The molecule has 0 atom stereocenters. The third-order valence-electron chi connectivity index (χ3n) is 3.66. The van der Waals surface area contributed by atoms with Crippen LogP contribution < -0.4 is 11.0 Å². The van der Waals surface area contributed by atoms with Crippen molar-refractivity contribution >= 4 is 23.1 Å². The van der Waals surface area contributed by atoms with Crippen molar-refractivity contribution in [2.75, 3.05) is 12.4 Å². The van der Waals surface area contributed by atoms with Crippen molar-refractivity contribution in [2.24, 2.45) is 0 Å². The van der Waals surface area contributed by atoms with Crippen LogP contribution in [-0.2, 0) is 13.1 Å². The van der Waals surface area contributed by atoms with Crippen molar-refractivity contribution in [3.8, 4) is 0 Å². The largest absolute Gasteiger partial charge is 0.347 e. The number of carbonyl (C=O) groups excluding carboxylic acids is 1. The summed E-state index contributed by atoms with van der Waals surface area (Å²) in [5, 5.41) is 6.90. The standard InChI is InChI=1S/C18H18N4O2S/c1-21(11-15-6-9-25-13-15)18(24)20-16-5-2-4-14(10-16)12-22-8-3-7-19-17(22)23/h2-10,13H,11-12H2,1H3,(H,20,24). The molecule has 0 spiro atoms. The van der Waals surface area contributed by atoms with Crippen LogP contribution in [0.4, 0.5) is 10.5 Å². The van der Waals surface area contributed by atoms with Gasteiger partial charge in [-0.05, 0) is 46.2 Å². The first kappa shape index (κ1) is 16.9. The molecule has 3 aromatic rings. The highest BCUT2D eigenvalue weighted by molar-refractivity contribution is 7.07. The van der Waals surface area contributed by atoms with Gasteiger partial charge in [0.25, 0.3) is 0 Å². The Bertz CT molecular complexity index is 905. The summed E-state index contributed by atoms with van der Waals surface area (Å²) in [7, 11) is 1.76. The number of anilines is 1. The lowest BCUT2D eigenvalue weighted by Gasteiger charge is -2.17. The highest BCUT2D eigenvalue weighted by atomic mass is 32.1. The molecule has 0 aliphatic heterocycles. The lowest BCUT2D eigenvalue weighted by Crippen LogP contribution is -2.30. The van der Waals surface area contributed by atoms with Crippen LogP contribution >= 0.6 is 11.3 Å². The van der Waals surface area contributed by atoms with E-state index in [1.807, 2.05) is 41.1 Å². The predicted molar refractivity (Wildman–Crippen MR) is 98.8 cm³/mol. The second-order valence-electron chi connectivity index (χ2n) is 5.65. The van der Waals surface area contributed by atoms with E-state index in [-0.39, 0.29) is 11.7 Å². The first-order valence-electron chi connectivity index (χ1n) is 7.75. The second kappa shape index (κ2) is 7.76. The molecule has 0 radical (unpaired) electrons. The van der Waals surface area contributed by atoms with E-state index in [1.54, 1.807) is 35.5 Å². The average molecular weight is 354 g/mol. The third kappa shape index (κ3) is 4.54. The van der Waals surface area contributed by atoms with E-state index >= 15 is 0 Å². The van der Waals surface area contributed by atoms with Crippen molar-refractivity contribution in [2.45, 2.75) is 13.1 Å². The number of aromatic nitrogens is 2. The van der Waals surface area contributed by atoms with Crippen molar-refractivity contribution < 1.29 is 4.79 Å². The van der Waals surface area contributed by atoms with Gasteiger partial charge in [-0.2, -0.15) is 11.3 Å².